The van der Waals surface area contributed by atoms with Gasteiger partial charge in [0, 0.05) is 17.2 Å². The van der Waals surface area contributed by atoms with Crippen molar-refractivity contribution in [3.05, 3.63) is 88.3 Å². The molecule has 0 amide bonds. The lowest BCUT2D eigenvalue weighted by atomic mass is 10.1. The van der Waals surface area contributed by atoms with Gasteiger partial charge in [-0.2, -0.15) is 10.1 Å². The Kier molecular flexibility index (Phi) is 4.33. The Morgan fingerprint density at radius 3 is 2.52 bits per heavy atom. The zero-order chi connectivity index (χ0) is 18.8. The fourth-order valence-electron chi connectivity index (χ4n) is 2.76. The highest BCUT2D eigenvalue weighted by Gasteiger charge is 2.13. The molecule has 0 spiro atoms. The van der Waals surface area contributed by atoms with Gasteiger partial charge >= 0.3 is 0 Å². The molecule has 0 saturated heterocycles. The lowest BCUT2D eigenvalue weighted by molar-refractivity contribution is 0.363. The first-order valence-electron chi connectivity index (χ1n) is 8.33. The molecule has 0 radical (unpaired) electrons. The van der Waals surface area contributed by atoms with Crippen molar-refractivity contribution in [2.45, 2.75) is 13.5 Å². The number of benzene rings is 2. The lowest BCUT2D eigenvalue weighted by Gasteiger charge is -2.05. The van der Waals surface area contributed by atoms with Crippen molar-refractivity contribution in [3.8, 4) is 22.6 Å². The van der Waals surface area contributed by atoms with Crippen molar-refractivity contribution in [2.75, 3.05) is 0 Å². The van der Waals surface area contributed by atoms with Gasteiger partial charge in [0.15, 0.2) is 0 Å². The van der Waals surface area contributed by atoms with E-state index in [1.54, 1.807) is 18.2 Å². The summed E-state index contributed by atoms with van der Waals surface area (Å²) >= 11 is 0. The average molecular weight is 362 g/mol. The quantitative estimate of drug-likeness (QED) is 0.556. The van der Waals surface area contributed by atoms with Crippen LogP contribution < -0.4 is 5.56 Å². The minimum Gasteiger partial charge on any atom is -0.337 e. The summed E-state index contributed by atoms with van der Waals surface area (Å²) in [5, 5.41) is 8.21. The first kappa shape index (κ1) is 16.8. The van der Waals surface area contributed by atoms with E-state index in [4.69, 9.17) is 4.52 Å². The largest absolute Gasteiger partial charge is 0.337 e. The molecule has 2 aromatic heterocycles. The SMILES string of the molecule is Cc1ccccc1-c1noc(Cn2nc(-c3ccccc3F)ccc2=O)n1. The zero-order valence-electron chi connectivity index (χ0n) is 14.5. The molecule has 0 fully saturated rings. The topological polar surface area (TPSA) is 73.8 Å². The molecule has 4 rings (SSSR count). The summed E-state index contributed by atoms with van der Waals surface area (Å²) in [6.07, 6.45) is 0. The summed E-state index contributed by atoms with van der Waals surface area (Å²) in [4.78, 5) is 16.5. The number of rotatable bonds is 4. The molecule has 7 heteroatoms. The van der Waals surface area contributed by atoms with Gasteiger partial charge in [-0.3, -0.25) is 4.79 Å². The van der Waals surface area contributed by atoms with Gasteiger partial charge < -0.3 is 4.52 Å². The molecular weight excluding hydrogens is 347 g/mol. The number of nitrogens with zero attached hydrogens (tertiary/aromatic N) is 4. The van der Waals surface area contributed by atoms with Crippen LogP contribution in [0.1, 0.15) is 11.5 Å². The molecule has 0 unspecified atom stereocenters. The molecule has 0 atom stereocenters. The molecule has 0 N–H and O–H groups in total. The number of aromatic nitrogens is 4. The van der Waals surface area contributed by atoms with E-state index < -0.39 is 5.82 Å². The molecule has 27 heavy (non-hydrogen) atoms. The Bertz CT molecular complexity index is 1170. The van der Waals surface area contributed by atoms with Crippen molar-refractivity contribution in [2.24, 2.45) is 0 Å². The van der Waals surface area contributed by atoms with Gasteiger partial charge in [0.1, 0.15) is 12.4 Å². The standard InChI is InChI=1S/C20H15FN4O2/c1-13-6-2-3-7-14(13)20-22-18(27-24-20)12-25-19(26)11-10-17(23-25)15-8-4-5-9-16(15)21/h2-11H,12H2,1H3. The number of halogens is 1. The molecule has 134 valence electrons. The van der Waals surface area contributed by atoms with Gasteiger partial charge in [-0.15, -0.1) is 0 Å². The van der Waals surface area contributed by atoms with Crippen LogP contribution in [0.25, 0.3) is 22.6 Å². The fraction of sp³-hybridized carbons (Fsp3) is 0.100. The van der Waals surface area contributed by atoms with Crippen molar-refractivity contribution < 1.29 is 8.91 Å². The fourth-order valence-corrected chi connectivity index (χ4v) is 2.76. The van der Waals surface area contributed by atoms with Crippen LogP contribution in [-0.4, -0.2) is 19.9 Å². The second-order valence-corrected chi connectivity index (χ2v) is 6.02. The molecule has 0 bridgehead atoms. The third-order valence-corrected chi connectivity index (χ3v) is 4.16. The molecule has 0 aliphatic carbocycles. The predicted octanol–water partition coefficient (Wildman–Crippen LogP) is 3.46. The minimum absolute atomic E-state index is 0.00000709. The van der Waals surface area contributed by atoms with Crippen LogP contribution in [0, 0.1) is 12.7 Å². The van der Waals surface area contributed by atoms with Gasteiger partial charge in [0.05, 0.1) is 5.69 Å². The molecule has 0 aliphatic rings. The maximum Gasteiger partial charge on any atom is 0.267 e. The first-order chi connectivity index (χ1) is 13.1. The van der Waals surface area contributed by atoms with Crippen molar-refractivity contribution in [3.63, 3.8) is 0 Å². The summed E-state index contributed by atoms with van der Waals surface area (Å²) in [5.41, 5.74) is 2.20. The van der Waals surface area contributed by atoms with Gasteiger partial charge in [0.25, 0.3) is 5.56 Å². The molecule has 0 aliphatic heterocycles. The number of aryl methyl sites for hydroxylation is 1. The van der Waals surface area contributed by atoms with Gasteiger partial charge in [-0.1, -0.05) is 41.6 Å². The second kappa shape index (κ2) is 6.95. The Balaban J connectivity index is 1.66. The van der Waals surface area contributed by atoms with Crippen LogP contribution in [0.5, 0.6) is 0 Å². The second-order valence-electron chi connectivity index (χ2n) is 6.02. The Morgan fingerprint density at radius 2 is 1.74 bits per heavy atom. The van der Waals surface area contributed by atoms with Crippen molar-refractivity contribution >= 4 is 0 Å². The normalized spacial score (nSPS) is 10.9. The molecule has 2 heterocycles. The Hall–Kier alpha value is -3.61. The highest BCUT2D eigenvalue weighted by atomic mass is 19.1. The predicted molar refractivity (Wildman–Crippen MR) is 97.5 cm³/mol. The summed E-state index contributed by atoms with van der Waals surface area (Å²) < 4.78 is 20.4. The van der Waals surface area contributed by atoms with Gasteiger partial charge in [0.2, 0.25) is 11.7 Å². The van der Waals surface area contributed by atoms with Crippen LogP contribution in [0.4, 0.5) is 4.39 Å². The van der Waals surface area contributed by atoms with E-state index in [-0.39, 0.29) is 18.0 Å². The van der Waals surface area contributed by atoms with Crippen LogP contribution in [0.2, 0.25) is 0 Å². The summed E-state index contributed by atoms with van der Waals surface area (Å²) in [5.74, 6) is 0.282. The van der Waals surface area contributed by atoms with Crippen LogP contribution >= 0.6 is 0 Å². The van der Waals surface area contributed by atoms with Crippen molar-refractivity contribution in [1.29, 1.82) is 0 Å². The highest BCUT2D eigenvalue weighted by Crippen LogP contribution is 2.21. The zero-order valence-corrected chi connectivity index (χ0v) is 14.5. The highest BCUT2D eigenvalue weighted by molar-refractivity contribution is 5.59. The van der Waals surface area contributed by atoms with E-state index in [2.05, 4.69) is 15.2 Å². The molecule has 6 nitrogen and oxygen atoms in total. The molecule has 2 aromatic carbocycles. The minimum atomic E-state index is -0.408. The van der Waals surface area contributed by atoms with E-state index in [0.717, 1.165) is 11.1 Å². The first-order valence-corrected chi connectivity index (χ1v) is 8.33. The van der Waals surface area contributed by atoms with E-state index >= 15 is 0 Å². The summed E-state index contributed by atoms with van der Waals surface area (Å²) in [6.45, 7) is 1.95. The third kappa shape index (κ3) is 3.39. The third-order valence-electron chi connectivity index (χ3n) is 4.16. The Morgan fingerprint density at radius 1 is 1.00 bits per heavy atom. The maximum atomic E-state index is 14.0. The van der Waals surface area contributed by atoms with Crippen molar-refractivity contribution in [1.82, 2.24) is 19.9 Å². The summed E-state index contributed by atoms with van der Waals surface area (Å²) in [7, 11) is 0. The van der Waals surface area contributed by atoms with E-state index in [9.17, 15) is 9.18 Å². The monoisotopic (exact) mass is 362 g/mol. The van der Waals surface area contributed by atoms with E-state index in [1.165, 1.54) is 22.9 Å². The average Bonchev–Trinajstić information content (AvgIpc) is 3.13. The molecule has 0 saturated carbocycles. The van der Waals surface area contributed by atoms with Gasteiger partial charge in [-0.05, 0) is 30.7 Å². The number of hydrogen-bond acceptors (Lipinski definition) is 5. The van der Waals surface area contributed by atoms with Gasteiger partial charge in [-0.25, -0.2) is 9.07 Å². The van der Waals surface area contributed by atoms with Crippen LogP contribution in [-0.2, 0) is 6.54 Å². The maximum absolute atomic E-state index is 14.0. The van der Waals surface area contributed by atoms with E-state index in [0.29, 0.717) is 17.1 Å². The molecule has 4 aromatic rings. The lowest BCUT2D eigenvalue weighted by Crippen LogP contribution is -2.23. The van der Waals surface area contributed by atoms with E-state index in [1.807, 2.05) is 31.2 Å². The summed E-state index contributed by atoms with van der Waals surface area (Å²) in [6, 6.07) is 16.8. The number of hydrogen-bond donors (Lipinski definition) is 0. The van der Waals surface area contributed by atoms with Crippen LogP contribution in [0.15, 0.2) is 70.0 Å². The smallest absolute Gasteiger partial charge is 0.267 e. The Labute approximate surface area is 153 Å². The molecular formula is C20H15FN4O2. The van der Waals surface area contributed by atoms with Crippen LogP contribution in [0.3, 0.4) is 0 Å².